The number of ketones is 1. The van der Waals surface area contributed by atoms with Gasteiger partial charge in [-0.1, -0.05) is 37.4 Å². The predicted molar refractivity (Wildman–Crippen MR) is 122 cm³/mol. The number of anilines is 1. The third kappa shape index (κ3) is 5.46. The quantitative estimate of drug-likeness (QED) is 0.337. The van der Waals surface area contributed by atoms with Crippen LogP contribution < -0.4 is 4.90 Å². The smallest absolute Gasteiger partial charge is 0.317 e. The minimum absolute atomic E-state index is 0.0431. The number of nitrogens with zero attached hydrogens (tertiary/aromatic N) is 1. The average molecular weight is 444 g/mol. The van der Waals surface area contributed by atoms with Crippen LogP contribution in [0.1, 0.15) is 38.7 Å². The van der Waals surface area contributed by atoms with Gasteiger partial charge in [-0.25, -0.2) is 0 Å². The summed E-state index contributed by atoms with van der Waals surface area (Å²) in [6.45, 7) is 14.1. The van der Waals surface area contributed by atoms with Crippen LogP contribution in [0.4, 0.5) is 5.69 Å². The number of rotatable bonds is 10. The number of hydrogen-bond acceptors (Lipinski definition) is 7. The van der Waals surface area contributed by atoms with Gasteiger partial charge in [-0.15, -0.1) is 0 Å². The van der Waals surface area contributed by atoms with Crippen molar-refractivity contribution in [2.24, 2.45) is 11.8 Å². The van der Waals surface area contributed by atoms with Gasteiger partial charge in [0.25, 0.3) is 0 Å². The molecule has 0 amide bonds. The summed E-state index contributed by atoms with van der Waals surface area (Å²) in [5.41, 5.74) is -0.133. The Morgan fingerprint density at radius 1 is 1.09 bits per heavy atom. The molecular weight excluding hydrogens is 410 g/mol. The molecule has 0 radical (unpaired) electrons. The lowest BCUT2D eigenvalue weighted by Gasteiger charge is -2.43. The zero-order valence-electron chi connectivity index (χ0n) is 19.1. The number of carbonyl (C=O) groups is 3. The number of ether oxygens (including phenoxy) is 2. The predicted octanol–water partition coefficient (Wildman–Crippen LogP) is 3.03. The van der Waals surface area contributed by atoms with Crippen LogP contribution in [-0.4, -0.2) is 54.7 Å². The minimum atomic E-state index is -1.69. The van der Waals surface area contributed by atoms with Gasteiger partial charge in [0.05, 0.1) is 11.5 Å². The standard InChI is InChI=1S/C25H33NO6/c1-6-14-31-23(28)21-19(27)16-25(5,30)22(24(29)32-15-7-2)20(21)17-10-12-18(13-11-17)26(8-3)9-4/h6-7,10-13,20-22,30H,1-2,8-9,14-16H2,3-5H3/t20-,21+,22+,25-/m0/s1. The largest absolute Gasteiger partial charge is 0.461 e. The summed E-state index contributed by atoms with van der Waals surface area (Å²) in [5, 5.41) is 11.1. The van der Waals surface area contributed by atoms with Crippen molar-refractivity contribution in [1.29, 1.82) is 0 Å². The fourth-order valence-corrected chi connectivity index (χ4v) is 4.37. The van der Waals surface area contributed by atoms with Crippen LogP contribution in [0.2, 0.25) is 0 Å². The van der Waals surface area contributed by atoms with Crippen LogP contribution in [0.25, 0.3) is 0 Å². The molecule has 32 heavy (non-hydrogen) atoms. The van der Waals surface area contributed by atoms with Crippen LogP contribution >= 0.6 is 0 Å². The Morgan fingerprint density at radius 2 is 1.62 bits per heavy atom. The van der Waals surface area contributed by atoms with Gasteiger partial charge in [0.2, 0.25) is 0 Å². The minimum Gasteiger partial charge on any atom is -0.461 e. The van der Waals surface area contributed by atoms with Crippen LogP contribution in [0.5, 0.6) is 0 Å². The lowest BCUT2D eigenvalue weighted by molar-refractivity contribution is -0.171. The molecule has 1 N–H and O–H groups in total. The summed E-state index contributed by atoms with van der Waals surface area (Å²) in [5.74, 6) is -5.23. The van der Waals surface area contributed by atoms with Gasteiger partial charge in [-0.05, 0) is 38.5 Å². The van der Waals surface area contributed by atoms with Crippen molar-refractivity contribution >= 4 is 23.4 Å². The Morgan fingerprint density at radius 3 is 2.12 bits per heavy atom. The molecule has 1 saturated carbocycles. The highest BCUT2D eigenvalue weighted by Crippen LogP contribution is 2.47. The molecule has 7 heteroatoms. The zero-order valence-corrected chi connectivity index (χ0v) is 19.1. The van der Waals surface area contributed by atoms with E-state index in [-0.39, 0.29) is 19.6 Å². The fraction of sp³-hybridized carbons (Fsp3) is 0.480. The molecule has 0 spiro atoms. The molecule has 7 nitrogen and oxygen atoms in total. The van der Waals surface area contributed by atoms with Crippen molar-refractivity contribution in [3.8, 4) is 0 Å². The van der Waals surface area contributed by atoms with E-state index in [1.807, 2.05) is 26.0 Å². The average Bonchev–Trinajstić information content (AvgIpc) is 2.76. The van der Waals surface area contributed by atoms with E-state index in [2.05, 4.69) is 18.1 Å². The first-order valence-electron chi connectivity index (χ1n) is 10.9. The molecule has 0 unspecified atom stereocenters. The topological polar surface area (TPSA) is 93.1 Å². The Hall–Kier alpha value is -2.93. The highest BCUT2D eigenvalue weighted by atomic mass is 16.5. The fourth-order valence-electron chi connectivity index (χ4n) is 4.37. The van der Waals surface area contributed by atoms with Crippen LogP contribution in [0.15, 0.2) is 49.6 Å². The molecule has 2 rings (SSSR count). The SMILES string of the molecule is C=CCOC(=O)[C@@H]1C(=O)C[C@](C)(O)[C@@H](C(=O)OCC=C)[C@H]1c1ccc(N(CC)CC)cc1. The van der Waals surface area contributed by atoms with Crippen LogP contribution in [-0.2, 0) is 23.9 Å². The van der Waals surface area contributed by atoms with E-state index in [1.165, 1.54) is 19.1 Å². The maximum Gasteiger partial charge on any atom is 0.317 e. The lowest BCUT2D eigenvalue weighted by Crippen LogP contribution is -2.55. The summed E-state index contributed by atoms with van der Waals surface area (Å²) < 4.78 is 10.4. The van der Waals surface area contributed by atoms with Crippen LogP contribution in [0, 0.1) is 11.8 Å². The Balaban J connectivity index is 2.57. The van der Waals surface area contributed by atoms with Gasteiger partial charge in [-0.2, -0.15) is 0 Å². The van der Waals surface area contributed by atoms with Crippen molar-refractivity contribution < 1.29 is 29.0 Å². The summed E-state index contributed by atoms with van der Waals surface area (Å²) in [6, 6.07) is 7.34. The molecule has 0 saturated heterocycles. The molecule has 4 atom stereocenters. The van der Waals surface area contributed by atoms with E-state index in [0.29, 0.717) is 5.56 Å². The highest BCUT2D eigenvalue weighted by Gasteiger charge is 2.57. The molecule has 0 heterocycles. The van der Waals surface area contributed by atoms with Gasteiger partial charge in [0, 0.05) is 31.1 Å². The molecule has 1 aliphatic carbocycles. The first-order valence-corrected chi connectivity index (χ1v) is 10.9. The second-order valence-corrected chi connectivity index (χ2v) is 8.08. The second-order valence-electron chi connectivity index (χ2n) is 8.08. The number of aliphatic hydroxyl groups is 1. The lowest BCUT2D eigenvalue weighted by atomic mass is 9.61. The summed E-state index contributed by atoms with van der Waals surface area (Å²) in [7, 11) is 0. The molecule has 1 aromatic rings. The van der Waals surface area contributed by atoms with Crippen molar-refractivity contribution in [3.63, 3.8) is 0 Å². The van der Waals surface area contributed by atoms with Gasteiger partial charge < -0.3 is 19.5 Å². The molecule has 0 bridgehead atoms. The summed E-state index contributed by atoms with van der Waals surface area (Å²) in [6.07, 6.45) is 2.47. The van der Waals surface area contributed by atoms with E-state index in [4.69, 9.17) is 9.47 Å². The first-order chi connectivity index (χ1) is 15.2. The van der Waals surface area contributed by atoms with Crippen molar-refractivity contribution in [1.82, 2.24) is 0 Å². The maximum atomic E-state index is 13.0. The van der Waals surface area contributed by atoms with Gasteiger partial charge in [0.1, 0.15) is 19.1 Å². The summed E-state index contributed by atoms with van der Waals surface area (Å²) >= 11 is 0. The third-order valence-corrected chi connectivity index (χ3v) is 5.87. The second kappa shape index (κ2) is 11.1. The van der Waals surface area contributed by atoms with Gasteiger partial charge in [-0.3, -0.25) is 14.4 Å². The zero-order chi connectivity index (χ0) is 23.9. The van der Waals surface area contributed by atoms with Crippen LogP contribution in [0.3, 0.4) is 0 Å². The first kappa shape index (κ1) is 25.3. The van der Waals surface area contributed by atoms with E-state index in [0.717, 1.165) is 18.8 Å². The van der Waals surface area contributed by atoms with Gasteiger partial charge >= 0.3 is 11.9 Å². The molecule has 1 aromatic carbocycles. The number of hydrogen-bond donors (Lipinski definition) is 1. The Labute approximate surface area is 189 Å². The molecule has 174 valence electrons. The number of esters is 2. The number of Topliss-reactive ketones (excluding diaryl/α,β-unsaturated/α-hetero) is 1. The normalized spacial score (nSPS) is 25.0. The molecule has 0 aliphatic heterocycles. The highest BCUT2D eigenvalue weighted by molar-refractivity contribution is 6.02. The van der Waals surface area contributed by atoms with Crippen molar-refractivity contribution in [2.45, 2.75) is 38.7 Å². The maximum absolute atomic E-state index is 13.0. The van der Waals surface area contributed by atoms with E-state index < -0.39 is 41.1 Å². The monoisotopic (exact) mass is 443 g/mol. The molecule has 1 fully saturated rings. The summed E-state index contributed by atoms with van der Waals surface area (Å²) in [4.78, 5) is 41.0. The molecule has 0 aromatic heterocycles. The van der Waals surface area contributed by atoms with E-state index >= 15 is 0 Å². The Bertz CT molecular complexity index is 840. The van der Waals surface area contributed by atoms with Crippen molar-refractivity contribution in [2.75, 3.05) is 31.2 Å². The van der Waals surface area contributed by atoms with E-state index in [9.17, 15) is 19.5 Å². The van der Waals surface area contributed by atoms with Crippen molar-refractivity contribution in [3.05, 3.63) is 55.1 Å². The third-order valence-electron chi connectivity index (χ3n) is 5.87. The Kier molecular flexibility index (Phi) is 8.78. The number of benzene rings is 1. The van der Waals surface area contributed by atoms with Gasteiger partial charge in [0.15, 0.2) is 5.78 Å². The number of carbonyl (C=O) groups excluding carboxylic acids is 3. The van der Waals surface area contributed by atoms with E-state index in [1.54, 1.807) is 12.1 Å². The molecule has 1 aliphatic rings. The molecular formula is C25H33NO6.